The number of nitrogens with two attached hydrogens (primary N) is 1. The van der Waals surface area contributed by atoms with Gasteiger partial charge in [0.1, 0.15) is 5.82 Å². The molecule has 2 heterocycles. The minimum atomic E-state index is -0.878. The largest absolute Gasteiger partial charge is 0.368 e. The Kier molecular flexibility index (Phi) is 2.18. The summed E-state index contributed by atoms with van der Waals surface area (Å²) < 4.78 is 13.3. The van der Waals surface area contributed by atoms with E-state index in [0.717, 1.165) is 0 Å². The highest BCUT2D eigenvalue weighted by Gasteiger charge is 2.52. The van der Waals surface area contributed by atoms with Crippen molar-refractivity contribution in [3.8, 4) is 0 Å². The van der Waals surface area contributed by atoms with Crippen LogP contribution in [-0.4, -0.2) is 24.4 Å². The molecule has 1 saturated heterocycles. The Hall–Kier alpha value is -1.95. The van der Waals surface area contributed by atoms with Crippen molar-refractivity contribution < 1.29 is 14.0 Å². The van der Waals surface area contributed by atoms with E-state index in [1.165, 1.54) is 18.2 Å². The standard InChI is InChI=1S/C12H12FN3O2/c13-6-1-2-8-7(3-6)12(11(18)16-8)4-9(10(14)17)15-5-12/h1-3,9,15H,4-5H2,(H2,14,17)(H,16,18). The minimum absolute atomic E-state index is 0.209. The van der Waals surface area contributed by atoms with Crippen LogP contribution in [0.15, 0.2) is 18.2 Å². The first-order chi connectivity index (χ1) is 8.53. The van der Waals surface area contributed by atoms with Crippen LogP contribution in [0.5, 0.6) is 0 Å². The maximum Gasteiger partial charge on any atom is 0.236 e. The zero-order valence-electron chi connectivity index (χ0n) is 9.50. The van der Waals surface area contributed by atoms with Crippen LogP contribution < -0.4 is 16.4 Å². The van der Waals surface area contributed by atoms with Gasteiger partial charge >= 0.3 is 0 Å². The summed E-state index contributed by atoms with van der Waals surface area (Å²) in [5, 5.41) is 5.64. The van der Waals surface area contributed by atoms with E-state index in [1.54, 1.807) is 0 Å². The second-order valence-electron chi connectivity index (χ2n) is 4.77. The van der Waals surface area contributed by atoms with Crippen LogP contribution in [0.25, 0.3) is 0 Å². The first kappa shape index (κ1) is 11.2. The number of anilines is 1. The lowest BCUT2D eigenvalue weighted by Gasteiger charge is -2.19. The SMILES string of the molecule is NC(=O)C1CC2(CN1)C(=O)Nc1ccc(F)cc12. The van der Waals surface area contributed by atoms with Crippen LogP contribution in [0.1, 0.15) is 12.0 Å². The first-order valence-electron chi connectivity index (χ1n) is 5.67. The van der Waals surface area contributed by atoms with Crippen LogP contribution in [0, 0.1) is 5.82 Å². The Morgan fingerprint density at radius 2 is 2.28 bits per heavy atom. The third-order valence-corrected chi connectivity index (χ3v) is 3.73. The van der Waals surface area contributed by atoms with Crippen molar-refractivity contribution in [2.24, 2.45) is 5.73 Å². The number of fused-ring (bicyclic) bond motifs is 2. The summed E-state index contributed by atoms with van der Waals surface area (Å²) in [4.78, 5) is 23.3. The Morgan fingerprint density at radius 1 is 1.50 bits per heavy atom. The highest BCUT2D eigenvalue weighted by atomic mass is 19.1. The van der Waals surface area contributed by atoms with E-state index in [9.17, 15) is 14.0 Å². The molecule has 0 bridgehead atoms. The molecular formula is C12H12FN3O2. The number of hydrogen-bond acceptors (Lipinski definition) is 3. The van der Waals surface area contributed by atoms with Crippen molar-refractivity contribution >= 4 is 17.5 Å². The maximum atomic E-state index is 13.3. The summed E-state index contributed by atoms with van der Waals surface area (Å²) in [5.41, 5.74) is 5.56. The second kappa shape index (κ2) is 3.52. The van der Waals surface area contributed by atoms with Crippen LogP contribution in [0.3, 0.4) is 0 Å². The summed E-state index contributed by atoms with van der Waals surface area (Å²) in [5.74, 6) is -1.10. The van der Waals surface area contributed by atoms with Gasteiger partial charge in [-0.15, -0.1) is 0 Å². The molecule has 0 radical (unpaired) electrons. The molecule has 2 unspecified atom stereocenters. The Labute approximate surface area is 103 Å². The molecule has 94 valence electrons. The fraction of sp³-hybridized carbons (Fsp3) is 0.333. The van der Waals surface area contributed by atoms with E-state index in [0.29, 0.717) is 17.8 Å². The molecule has 2 atom stereocenters. The molecule has 0 aromatic heterocycles. The number of carbonyl (C=O) groups is 2. The number of hydrogen-bond donors (Lipinski definition) is 3. The summed E-state index contributed by atoms with van der Waals surface area (Å²) in [6, 6.07) is 3.63. The predicted octanol–water partition coefficient (Wildman–Crippen LogP) is -0.137. The molecule has 1 aromatic rings. The van der Waals surface area contributed by atoms with Crippen LogP contribution in [0.4, 0.5) is 10.1 Å². The third kappa shape index (κ3) is 1.35. The number of benzene rings is 1. The predicted molar refractivity (Wildman–Crippen MR) is 62.3 cm³/mol. The van der Waals surface area contributed by atoms with E-state index in [4.69, 9.17) is 5.73 Å². The zero-order valence-corrected chi connectivity index (χ0v) is 9.50. The fourth-order valence-corrected chi connectivity index (χ4v) is 2.76. The van der Waals surface area contributed by atoms with Gasteiger partial charge in [-0.05, 0) is 30.2 Å². The molecule has 2 aliphatic heterocycles. The van der Waals surface area contributed by atoms with E-state index < -0.39 is 23.2 Å². The number of rotatable bonds is 1. The first-order valence-corrected chi connectivity index (χ1v) is 5.67. The summed E-state index contributed by atoms with van der Waals surface area (Å²) in [6.07, 6.45) is 0.268. The van der Waals surface area contributed by atoms with Crippen molar-refractivity contribution in [1.29, 1.82) is 0 Å². The normalized spacial score (nSPS) is 29.4. The summed E-state index contributed by atoms with van der Waals surface area (Å²) >= 11 is 0. The fourth-order valence-electron chi connectivity index (χ4n) is 2.76. The molecule has 2 aliphatic rings. The van der Waals surface area contributed by atoms with Gasteiger partial charge in [0.15, 0.2) is 0 Å². The lowest BCUT2D eigenvalue weighted by molar-refractivity contribution is -0.120. The number of nitrogens with one attached hydrogen (secondary N) is 2. The van der Waals surface area contributed by atoms with Gasteiger partial charge < -0.3 is 16.4 Å². The highest BCUT2D eigenvalue weighted by Crippen LogP contribution is 2.43. The molecule has 18 heavy (non-hydrogen) atoms. The van der Waals surface area contributed by atoms with E-state index in [-0.39, 0.29) is 12.3 Å². The van der Waals surface area contributed by atoms with Crippen LogP contribution in [-0.2, 0) is 15.0 Å². The van der Waals surface area contributed by atoms with Crippen molar-refractivity contribution in [3.63, 3.8) is 0 Å². The number of amides is 2. The van der Waals surface area contributed by atoms with Gasteiger partial charge in [-0.1, -0.05) is 0 Å². The van der Waals surface area contributed by atoms with Gasteiger partial charge in [0.2, 0.25) is 11.8 Å². The summed E-state index contributed by atoms with van der Waals surface area (Å²) in [6.45, 7) is 0.295. The number of primary amides is 1. The van der Waals surface area contributed by atoms with Gasteiger partial charge in [0.05, 0.1) is 11.5 Å². The van der Waals surface area contributed by atoms with E-state index in [2.05, 4.69) is 10.6 Å². The van der Waals surface area contributed by atoms with Crippen molar-refractivity contribution in [2.45, 2.75) is 17.9 Å². The lowest BCUT2D eigenvalue weighted by atomic mass is 9.79. The topological polar surface area (TPSA) is 84.2 Å². The highest BCUT2D eigenvalue weighted by molar-refractivity contribution is 6.07. The number of carbonyl (C=O) groups excluding carboxylic acids is 2. The monoisotopic (exact) mass is 249 g/mol. The molecule has 1 spiro atoms. The lowest BCUT2D eigenvalue weighted by Crippen LogP contribution is -2.36. The number of halogens is 1. The molecule has 5 nitrogen and oxygen atoms in total. The average Bonchev–Trinajstić information content (AvgIpc) is 2.86. The third-order valence-electron chi connectivity index (χ3n) is 3.73. The van der Waals surface area contributed by atoms with E-state index in [1.807, 2.05) is 0 Å². The van der Waals surface area contributed by atoms with Gasteiger partial charge in [0, 0.05) is 12.2 Å². The molecule has 1 aromatic carbocycles. The molecule has 2 amide bonds. The zero-order chi connectivity index (χ0) is 12.9. The second-order valence-corrected chi connectivity index (χ2v) is 4.77. The molecule has 3 rings (SSSR count). The van der Waals surface area contributed by atoms with Gasteiger partial charge in [-0.2, -0.15) is 0 Å². The Morgan fingerprint density at radius 3 is 2.94 bits per heavy atom. The quantitative estimate of drug-likeness (QED) is 0.648. The molecule has 0 aliphatic carbocycles. The van der Waals surface area contributed by atoms with Gasteiger partial charge in [-0.3, -0.25) is 9.59 Å². The minimum Gasteiger partial charge on any atom is -0.368 e. The van der Waals surface area contributed by atoms with Gasteiger partial charge in [0.25, 0.3) is 0 Å². The molecule has 4 N–H and O–H groups in total. The van der Waals surface area contributed by atoms with Crippen molar-refractivity contribution in [1.82, 2.24) is 5.32 Å². The average molecular weight is 249 g/mol. The molecular weight excluding hydrogens is 237 g/mol. The van der Waals surface area contributed by atoms with Crippen LogP contribution >= 0.6 is 0 Å². The van der Waals surface area contributed by atoms with Crippen molar-refractivity contribution in [3.05, 3.63) is 29.6 Å². The Balaban J connectivity index is 2.06. The molecule has 0 saturated carbocycles. The molecule has 1 fully saturated rings. The van der Waals surface area contributed by atoms with Crippen molar-refractivity contribution in [2.75, 3.05) is 11.9 Å². The van der Waals surface area contributed by atoms with Gasteiger partial charge in [-0.25, -0.2) is 4.39 Å². The van der Waals surface area contributed by atoms with Crippen LogP contribution in [0.2, 0.25) is 0 Å². The van der Waals surface area contributed by atoms with E-state index >= 15 is 0 Å². The molecule has 6 heteroatoms. The maximum absolute atomic E-state index is 13.3. The Bertz CT molecular complexity index is 560. The summed E-state index contributed by atoms with van der Waals surface area (Å²) in [7, 11) is 0. The smallest absolute Gasteiger partial charge is 0.236 e.